The second kappa shape index (κ2) is 9.48. The minimum atomic E-state index is -1.06. The number of Topliss-reactive ketones (excluding diaryl/α,β-unsaturated/α-hetero) is 1. The van der Waals surface area contributed by atoms with Crippen LogP contribution in [0.25, 0.3) is 0 Å². The van der Waals surface area contributed by atoms with E-state index in [1.807, 2.05) is 0 Å². The molecule has 7 nitrogen and oxygen atoms in total. The van der Waals surface area contributed by atoms with Gasteiger partial charge >= 0.3 is 5.97 Å². The van der Waals surface area contributed by atoms with E-state index in [-0.39, 0.29) is 30.3 Å². The lowest BCUT2D eigenvalue weighted by atomic mass is 10.1. The summed E-state index contributed by atoms with van der Waals surface area (Å²) in [6.07, 6.45) is 0.331. The molecule has 1 aromatic carbocycles. The Morgan fingerprint density at radius 2 is 1.84 bits per heavy atom. The van der Waals surface area contributed by atoms with Crippen LogP contribution in [0.1, 0.15) is 23.7 Å². The Morgan fingerprint density at radius 1 is 1.24 bits per heavy atom. The van der Waals surface area contributed by atoms with Gasteiger partial charge in [-0.05, 0) is 25.5 Å². The number of carbonyl (C=O) groups excluding carboxylic acids is 2. The normalized spacial score (nSPS) is 12.6. The van der Waals surface area contributed by atoms with Gasteiger partial charge in [-0.3, -0.25) is 9.79 Å². The Balaban J connectivity index is 2.84. The number of halogens is 2. The first-order chi connectivity index (χ1) is 11.8. The highest BCUT2D eigenvalue weighted by molar-refractivity contribution is 6.19. The predicted octanol–water partition coefficient (Wildman–Crippen LogP) is 0.663. The van der Waals surface area contributed by atoms with E-state index in [1.54, 1.807) is 0 Å². The molecule has 0 fully saturated rings. The zero-order chi connectivity index (χ0) is 19.0. The molecule has 25 heavy (non-hydrogen) atoms. The molecule has 1 rings (SSSR count). The van der Waals surface area contributed by atoms with Gasteiger partial charge in [0.25, 0.3) is 0 Å². The molecule has 0 aromatic heterocycles. The molecule has 0 bridgehead atoms. The number of allylic oxidation sites excluding steroid dienone is 1. The van der Waals surface area contributed by atoms with Crippen LogP contribution in [-0.2, 0) is 9.53 Å². The van der Waals surface area contributed by atoms with Gasteiger partial charge in [-0.1, -0.05) is 6.07 Å². The van der Waals surface area contributed by atoms with Crippen LogP contribution >= 0.6 is 0 Å². The number of hydrogen-bond acceptors (Lipinski definition) is 6. The number of rotatable bonds is 8. The van der Waals surface area contributed by atoms with Crippen molar-refractivity contribution >= 4 is 17.6 Å². The van der Waals surface area contributed by atoms with E-state index in [0.717, 1.165) is 18.2 Å². The molecule has 0 saturated heterocycles. The Hall–Kier alpha value is -2.81. The number of hydrogen-bond donors (Lipinski definition) is 3. The average Bonchev–Trinajstić information content (AvgIpc) is 2.52. The Morgan fingerprint density at radius 3 is 2.36 bits per heavy atom. The summed E-state index contributed by atoms with van der Waals surface area (Å²) in [6.45, 7) is 0.539. The van der Waals surface area contributed by atoms with Gasteiger partial charge in [-0.25, -0.2) is 13.6 Å². The van der Waals surface area contributed by atoms with E-state index >= 15 is 0 Å². The molecule has 5 N–H and O–H groups in total. The summed E-state index contributed by atoms with van der Waals surface area (Å²) in [7, 11) is 0. The van der Waals surface area contributed by atoms with Crippen LogP contribution in [0.4, 0.5) is 8.78 Å². The summed E-state index contributed by atoms with van der Waals surface area (Å²) in [4.78, 5) is 27.8. The van der Waals surface area contributed by atoms with E-state index in [4.69, 9.17) is 21.3 Å². The molecule has 0 radical (unpaired) electrons. The second-order valence-electron chi connectivity index (χ2n) is 5.00. The number of ketones is 1. The van der Waals surface area contributed by atoms with Gasteiger partial charge in [-0.15, -0.1) is 0 Å². The first-order valence-corrected chi connectivity index (χ1v) is 7.31. The lowest BCUT2D eigenvalue weighted by molar-refractivity contribution is -0.137. The highest BCUT2D eigenvalue weighted by Crippen LogP contribution is 2.13. The molecule has 0 saturated carbocycles. The number of carbonyl (C=O) groups is 2. The molecule has 0 aliphatic rings. The third kappa shape index (κ3) is 5.64. The summed E-state index contributed by atoms with van der Waals surface area (Å²) < 4.78 is 31.8. The molecule has 136 valence electrons. The molecule has 0 heterocycles. The van der Waals surface area contributed by atoms with Gasteiger partial charge in [0.2, 0.25) is 5.78 Å². The standard InChI is InChI=1S/C16H19F2N3O4/c1-9(19)13(15(20)21-6-3-7-22)16(24)25-8-12(23)14-10(17)4-2-5-11(14)18/h2,4-5,22H,3,6-8,19H2,1H3,(H2,20,21). The molecular formula is C16H19F2N3O4. The maximum atomic E-state index is 13.5. The van der Waals surface area contributed by atoms with Gasteiger partial charge in [0.15, 0.2) is 6.61 Å². The van der Waals surface area contributed by atoms with Crippen LogP contribution in [-0.4, -0.2) is 42.5 Å². The highest BCUT2D eigenvalue weighted by atomic mass is 19.1. The lowest BCUT2D eigenvalue weighted by Gasteiger charge is -2.10. The Labute approximate surface area is 143 Å². The minimum absolute atomic E-state index is 0.000213. The van der Waals surface area contributed by atoms with E-state index in [2.05, 4.69) is 4.99 Å². The monoisotopic (exact) mass is 355 g/mol. The maximum Gasteiger partial charge on any atom is 0.344 e. The van der Waals surface area contributed by atoms with Gasteiger partial charge in [0.1, 0.15) is 23.0 Å². The largest absolute Gasteiger partial charge is 0.454 e. The Bertz CT molecular complexity index is 693. The van der Waals surface area contributed by atoms with E-state index in [1.165, 1.54) is 6.92 Å². The number of aliphatic hydroxyl groups is 1. The van der Waals surface area contributed by atoms with Crippen LogP contribution in [0, 0.1) is 11.6 Å². The lowest BCUT2D eigenvalue weighted by Crippen LogP contribution is -2.28. The number of aliphatic imine (C=N–C) groups is 1. The van der Waals surface area contributed by atoms with Crippen LogP contribution in [0.5, 0.6) is 0 Å². The molecule has 0 amide bonds. The van der Waals surface area contributed by atoms with Crippen molar-refractivity contribution in [2.45, 2.75) is 13.3 Å². The SMILES string of the molecule is CC(N)=C(C(=O)OCC(=O)c1c(F)cccc1F)C(N)=NCCCO. The fraction of sp³-hybridized carbons (Fsp3) is 0.312. The predicted molar refractivity (Wildman–Crippen MR) is 86.7 cm³/mol. The average molecular weight is 355 g/mol. The number of amidine groups is 1. The van der Waals surface area contributed by atoms with Gasteiger partial charge in [-0.2, -0.15) is 0 Å². The van der Waals surface area contributed by atoms with Crippen molar-refractivity contribution in [2.24, 2.45) is 16.5 Å². The number of nitrogens with two attached hydrogens (primary N) is 2. The highest BCUT2D eigenvalue weighted by Gasteiger charge is 2.22. The Kier molecular flexibility index (Phi) is 7.67. The van der Waals surface area contributed by atoms with Crippen molar-refractivity contribution < 1.29 is 28.2 Å². The third-order valence-electron chi connectivity index (χ3n) is 3.03. The van der Waals surface area contributed by atoms with Crippen molar-refractivity contribution in [3.8, 4) is 0 Å². The van der Waals surface area contributed by atoms with Crippen molar-refractivity contribution in [2.75, 3.05) is 19.8 Å². The van der Waals surface area contributed by atoms with Gasteiger partial charge < -0.3 is 21.3 Å². The van der Waals surface area contributed by atoms with Crippen molar-refractivity contribution in [3.05, 3.63) is 46.7 Å². The van der Waals surface area contributed by atoms with Crippen LogP contribution < -0.4 is 11.5 Å². The van der Waals surface area contributed by atoms with E-state index < -0.39 is 35.6 Å². The molecular weight excluding hydrogens is 336 g/mol. The molecule has 0 atom stereocenters. The molecule has 9 heteroatoms. The van der Waals surface area contributed by atoms with Gasteiger partial charge in [0.05, 0.1) is 5.56 Å². The zero-order valence-corrected chi connectivity index (χ0v) is 13.6. The van der Waals surface area contributed by atoms with Crippen LogP contribution in [0.2, 0.25) is 0 Å². The fourth-order valence-corrected chi connectivity index (χ4v) is 1.86. The number of aliphatic hydroxyl groups excluding tert-OH is 1. The maximum absolute atomic E-state index is 13.5. The molecule has 0 unspecified atom stereocenters. The first kappa shape index (κ1) is 20.2. The van der Waals surface area contributed by atoms with Crippen molar-refractivity contribution in [3.63, 3.8) is 0 Å². The van der Waals surface area contributed by atoms with E-state index in [9.17, 15) is 18.4 Å². The van der Waals surface area contributed by atoms with Gasteiger partial charge in [0, 0.05) is 18.8 Å². The molecule has 0 spiro atoms. The molecule has 1 aromatic rings. The fourth-order valence-electron chi connectivity index (χ4n) is 1.86. The summed E-state index contributed by atoms with van der Waals surface area (Å²) in [5.41, 5.74) is 10.2. The van der Waals surface area contributed by atoms with Crippen molar-refractivity contribution in [1.29, 1.82) is 0 Å². The quantitative estimate of drug-likeness (QED) is 0.157. The minimum Gasteiger partial charge on any atom is -0.454 e. The van der Waals surface area contributed by atoms with Crippen LogP contribution in [0.3, 0.4) is 0 Å². The second-order valence-corrected chi connectivity index (χ2v) is 5.00. The van der Waals surface area contributed by atoms with E-state index in [0.29, 0.717) is 6.42 Å². The molecule has 0 aliphatic carbocycles. The summed E-state index contributed by atoms with van der Waals surface area (Å²) in [5, 5.41) is 8.70. The number of ether oxygens (including phenoxy) is 1. The molecule has 0 aliphatic heterocycles. The summed E-state index contributed by atoms with van der Waals surface area (Å²) in [5.74, 6) is -4.43. The number of benzene rings is 1. The van der Waals surface area contributed by atoms with Crippen molar-refractivity contribution in [1.82, 2.24) is 0 Å². The number of nitrogens with zero attached hydrogens (tertiary/aromatic N) is 1. The zero-order valence-electron chi connectivity index (χ0n) is 13.6. The smallest absolute Gasteiger partial charge is 0.344 e. The topological polar surface area (TPSA) is 128 Å². The summed E-state index contributed by atoms with van der Waals surface area (Å²) >= 11 is 0. The number of esters is 1. The van der Waals surface area contributed by atoms with Crippen LogP contribution in [0.15, 0.2) is 34.5 Å². The summed E-state index contributed by atoms with van der Waals surface area (Å²) in [6, 6.07) is 2.94. The first-order valence-electron chi connectivity index (χ1n) is 7.31. The third-order valence-corrected chi connectivity index (χ3v) is 3.03.